The highest BCUT2D eigenvalue weighted by atomic mass is 32.2. The number of hydrogen-bond acceptors (Lipinski definition) is 5. The van der Waals surface area contributed by atoms with Crippen molar-refractivity contribution >= 4 is 17.7 Å². The second kappa shape index (κ2) is 8.48. The van der Waals surface area contributed by atoms with Gasteiger partial charge in [0.25, 0.3) is 0 Å². The van der Waals surface area contributed by atoms with E-state index < -0.39 is 5.97 Å². The first-order chi connectivity index (χ1) is 13.4. The lowest BCUT2D eigenvalue weighted by atomic mass is 10.1. The summed E-state index contributed by atoms with van der Waals surface area (Å²) in [5.74, 6) is 0.488. The Morgan fingerprint density at radius 1 is 1.00 bits per heavy atom. The molecule has 0 aliphatic rings. The maximum atomic E-state index is 11.0. The highest BCUT2D eigenvalue weighted by molar-refractivity contribution is 7.99. The number of aromatic nitrogens is 3. The highest BCUT2D eigenvalue weighted by Gasteiger charge is 2.19. The molecule has 0 atom stereocenters. The number of ether oxygens (including phenoxy) is 1. The van der Waals surface area contributed by atoms with Crippen LogP contribution in [-0.4, -0.2) is 31.6 Å². The lowest BCUT2D eigenvalue weighted by molar-refractivity contribution is -0.133. The van der Waals surface area contributed by atoms with Crippen molar-refractivity contribution in [2.45, 2.75) is 39.5 Å². The zero-order valence-electron chi connectivity index (χ0n) is 16.4. The number of hydrogen-bond donors (Lipinski definition) is 1. The van der Waals surface area contributed by atoms with Crippen LogP contribution < -0.4 is 4.74 Å². The molecule has 28 heavy (non-hydrogen) atoms. The number of carboxylic acids is 1. The summed E-state index contributed by atoms with van der Waals surface area (Å²) >= 11 is 1.15. The molecule has 1 N–H and O–H groups in total. The molecule has 0 saturated carbocycles. The number of rotatable bonds is 7. The molecule has 0 spiro atoms. The summed E-state index contributed by atoms with van der Waals surface area (Å²) in [6.45, 7) is 8.29. The zero-order valence-corrected chi connectivity index (χ0v) is 17.2. The van der Waals surface area contributed by atoms with Crippen molar-refractivity contribution in [2.75, 3.05) is 5.75 Å². The van der Waals surface area contributed by atoms with Crippen molar-refractivity contribution in [1.29, 1.82) is 0 Å². The summed E-state index contributed by atoms with van der Waals surface area (Å²) in [6, 6.07) is 12.0. The van der Waals surface area contributed by atoms with E-state index in [1.165, 1.54) is 0 Å². The third kappa shape index (κ3) is 4.20. The third-order valence-electron chi connectivity index (χ3n) is 4.44. The van der Waals surface area contributed by atoms with E-state index in [4.69, 9.17) is 9.84 Å². The molecule has 3 aromatic rings. The van der Waals surface area contributed by atoms with Gasteiger partial charge < -0.3 is 9.84 Å². The fourth-order valence-electron chi connectivity index (χ4n) is 3.16. The minimum atomic E-state index is -0.894. The average molecular weight is 398 g/mol. The van der Waals surface area contributed by atoms with Crippen LogP contribution >= 0.6 is 11.8 Å². The van der Waals surface area contributed by atoms with Crippen molar-refractivity contribution in [3.63, 3.8) is 0 Å². The van der Waals surface area contributed by atoms with E-state index in [2.05, 4.69) is 10.2 Å². The number of thioether (sulfide) groups is 1. The van der Waals surface area contributed by atoms with Gasteiger partial charge in [0.15, 0.2) is 11.0 Å². The Morgan fingerprint density at radius 2 is 1.57 bits per heavy atom. The van der Waals surface area contributed by atoms with E-state index in [9.17, 15) is 4.79 Å². The average Bonchev–Trinajstić information content (AvgIpc) is 3.02. The molecule has 0 aliphatic carbocycles. The number of benzene rings is 2. The van der Waals surface area contributed by atoms with Gasteiger partial charge in [-0.15, -0.1) is 10.2 Å². The summed E-state index contributed by atoms with van der Waals surface area (Å²) in [6.07, 6.45) is 0. The molecule has 0 unspecified atom stereocenters. The standard InChI is InChI=1S/C21H23N3O3S/c1-13-7-5-8-14(2)19(13)24-17(22-23-21(24)28-12-18(25)26)11-27-20-15(3)9-6-10-16(20)4/h5-10H,11-12H2,1-4H3,(H,25,26). The fraction of sp³-hybridized carbons (Fsp3) is 0.286. The van der Waals surface area contributed by atoms with Gasteiger partial charge in [-0.25, -0.2) is 0 Å². The van der Waals surface area contributed by atoms with E-state index in [1.807, 2.05) is 68.7 Å². The maximum absolute atomic E-state index is 11.0. The summed E-state index contributed by atoms with van der Waals surface area (Å²) in [5.41, 5.74) is 5.19. The SMILES string of the molecule is Cc1cccc(C)c1OCc1nnc(SCC(=O)O)n1-c1c(C)cccc1C. The number of nitrogens with zero attached hydrogens (tertiary/aromatic N) is 3. The van der Waals surface area contributed by atoms with Gasteiger partial charge in [0.05, 0.1) is 11.4 Å². The van der Waals surface area contributed by atoms with Gasteiger partial charge in [0, 0.05) is 0 Å². The predicted octanol–water partition coefficient (Wildman–Crippen LogP) is 4.26. The summed E-state index contributed by atoms with van der Waals surface area (Å²) < 4.78 is 7.99. The van der Waals surface area contributed by atoms with Crippen LogP contribution in [0.1, 0.15) is 28.1 Å². The zero-order chi connectivity index (χ0) is 20.3. The molecule has 146 valence electrons. The van der Waals surface area contributed by atoms with E-state index in [0.29, 0.717) is 11.0 Å². The Labute approximate surface area is 168 Å². The van der Waals surface area contributed by atoms with Crippen molar-refractivity contribution in [3.8, 4) is 11.4 Å². The van der Waals surface area contributed by atoms with Gasteiger partial charge in [-0.3, -0.25) is 9.36 Å². The third-order valence-corrected chi connectivity index (χ3v) is 5.36. The van der Waals surface area contributed by atoms with Gasteiger partial charge in [-0.2, -0.15) is 0 Å². The first-order valence-corrected chi connectivity index (χ1v) is 9.91. The molecule has 0 amide bonds. The van der Waals surface area contributed by atoms with Crippen LogP contribution in [0.15, 0.2) is 41.6 Å². The Kier molecular flexibility index (Phi) is 6.04. The van der Waals surface area contributed by atoms with Crippen LogP contribution in [0.3, 0.4) is 0 Å². The van der Waals surface area contributed by atoms with Crippen LogP contribution in [0.2, 0.25) is 0 Å². The number of carboxylic acid groups (broad SMARTS) is 1. The summed E-state index contributed by atoms with van der Waals surface area (Å²) in [4.78, 5) is 11.0. The lowest BCUT2D eigenvalue weighted by Gasteiger charge is -2.16. The largest absolute Gasteiger partial charge is 0.485 e. The van der Waals surface area contributed by atoms with Gasteiger partial charge in [-0.1, -0.05) is 48.2 Å². The molecule has 2 aromatic carbocycles. The molecular weight excluding hydrogens is 374 g/mol. The topological polar surface area (TPSA) is 77.2 Å². The van der Waals surface area contributed by atoms with Crippen molar-refractivity contribution in [1.82, 2.24) is 14.8 Å². The van der Waals surface area contributed by atoms with Gasteiger partial charge in [-0.05, 0) is 49.9 Å². The molecule has 0 bridgehead atoms. The molecule has 1 heterocycles. The quantitative estimate of drug-likeness (QED) is 0.601. The number of aryl methyl sites for hydroxylation is 4. The summed E-state index contributed by atoms with van der Waals surface area (Å²) in [5, 5.41) is 18.1. The molecule has 6 nitrogen and oxygen atoms in total. The molecule has 0 saturated heterocycles. The monoisotopic (exact) mass is 397 g/mol. The van der Waals surface area contributed by atoms with Crippen molar-refractivity contribution in [3.05, 3.63) is 64.5 Å². The van der Waals surface area contributed by atoms with Crippen LogP contribution in [0.5, 0.6) is 5.75 Å². The van der Waals surface area contributed by atoms with Gasteiger partial charge in [0.2, 0.25) is 0 Å². The molecule has 3 rings (SSSR count). The number of carbonyl (C=O) groups is 1. The second-order valence-corrected chi connectivity index (χ2v) is 7.61. The molecule has 0 aliphatic heterocycles. The fourth-order valence-corrected chi connectivity index (χ4v) is 3.84. The smallest absolute Gasteiger partial charge is 0.313 e. The van der Waals surface area contributed by atoms with Crippen molar-refractivity contribution < 1.29 is 14.6 Å². The number of para-hydroxylation sites is 2. The lowest BCUT2D eigenvalue weighted by Crippen LogP contribution is -2.10. The van der Waals surface area contributed by atoms with Crippen LogP contribution in [-0.2, 0) is 11.4 Å². The van der Waals surface area contributed by atoms with Crippen molar-refractivity contribution in [2.24, 2.45) is 0 Å². The van der Waals surface area contributed by atoms with Crippen LogP contribution in [0.4, 0.5) is 0 Å². The molecule has 1 aromatic heterocycles. The minimum Gasteiger partial charge on any atom is -0.485 e. The Balaban J connectivity index is 2.00. The van der Waals surface area contributed by atoms with E-state index in [-0.39, 0.29) is 12.4 Å². The van der Waals surface area contributed by atoms with E-state index in [0.717, 1.165) is 45.5 Å². The Morgan fingerprint density at radius 3 is 2.14 bits per heavy atom. The predicted molar refractivity (Wildman–Crippen MR) is 109 cm³/mol. The number of aliphatic carboxylic acids is 1. The molecule has 0 fully saturated rings. The van der Waals surface area contributed by atoms with Gasteiger partial charge >= 0.3 is 5.97 Å². The van der Waals surface area contributed by atoms with Gasteiger partial charge in [0.1, 0.15) is 12.4 Å². The molecule has 0 radical (unpaired) electrons. The first kappa shape index (κ1) is 19.9. The Bertz CT molecular complexity index is 974. The molecular formula is C21H23N3O3S. The van der Waals surface area contributed by atoms with Crippen LogP contribution in [0, 0.1) is 27.7 Å². The molecule has 7 heteroatoms. The first-order valence-electron chi connectivity index (χ1n) is 8.93. The van der Waals surface area contributed by atoms with E-state index >= 15 is 0 Å². The normalized spacial score (nSPS) is 10.9. The second-order valence-electron chi connectivity index (χ2n) is 6.67. The summed E-state index contributed by atoms with van der Waals surface area (Å²) in [7, 11) is 0. The van der Waals surface area contributed by atoms with Crippen LogP contribution in [0.25, 0.3) is 5.69 Å². The minimum absolute atomic E-state index is 0.0825. The highest BCUT2D eigenvalue weighted by Crippen LogP contribution is 2.28. The van der Waals surface area contributed by atoms with E-state index in [1.54, 1.807) is 0 Å². The maximum Gasteiger partial charge on any atom is 0.313 e. The Hall–Kier alpha value is -2.80.